The van der Waals surface area contributed by atoms with Gasteiger partial charge in [0, 0.05) is 24.1 Å². The molecule has 2 aromatic carbocycles. The monoisotopic (exact) mass is 350 g/mol. The van der Waals surface area contributed by atoms with Gasteiger partial charge in [0.1, 0.15) is 5.75 Å². The summed E-state index contributed by atoms with van der Waals surface area (Å²) in [5, 5.41) is 19.7. The molecule has 0 spiro atoms. The molecule has 0 fully saturated rings. The van der Waals surface area contributed by atoms with Gasteiger partial charge < -0.3 is 4.74 Å². The van der Waals surface area contributed by atoms with Crippen LogP contribution in [0.15, 0.2) is 36.4 Å². The van der Waals surface area contributed by atoms with Crippen molar-refractivity contribution in [1.82, 2.24) is 0 Å². The molecule has 0 amide bonds. The molecule has 0 saturated carbocycles. The Morgan fingerprint density at radius 1 is 1.17 bits per heavy atom. The number of halogens is 2. The molecule has 7 heteroatoms. The lowest BCUT2D eigenvalue weighted by molar-refractivity contribution is -0.384. The molecule has 0 unspecified atom stereocenters. The molecule has 5 nitrogen and oxygen atoms in total. The molecule has 0 atom stereocenters. The Kier molecular flexibility index (Phi) is 5.80. The van der Waals surface area contributed by atoms with E-state index in [1.165, 1.54) is 12.1 Å². The molecule has 23 heavy (non-hydrogen) atoms. The number of nitrogens with zero attached hydrogens (tertiary/aromatic N) is 2. The molecular weight excluding hydrogens is 339 g/mol. The maximum Gasteiger partial charge on any atom is 0.272 e. The van der Waals surface area contributed by atoms with Crippen molar-refractivity contribution in [3.8, 4) is 22.9 Å². The van der Waals surface area contributed by atoms with Crippen molar-refractivity contribution in [1.29, 1.82) is 5.26 Å². The molecule has 0 heterocycles. The van der Waals surface area contributed by atoms with Crippen LogP contribution < -0.4 is 4.74 Å². The van der Waals surface area contributed by atoms with E-state index in [-0.39, 0.29) is 15.7 Å². The molecule has 0 aliphatic rings. The largest absolute Gasteiger partial charge is 0.494 e. The second kappa shape index (κ2) is 7.82. The highest BCUT2D eigenvalue weighted by Gasteiger charge is 2.15. The van der Waals surface area contributed by atoms with Crippen LogP contribution in [-0.4, -0.2) is 11.5 Å². The van der Waals surface area contributed by atoms with Crippen molar-refractivity contribution in [2.24, 2.45) is 0 Å². The quantitative estimate of drug-likeness (QED) is 0.404. The summed E-state index contributed by atoms with van der Waals surface area (Å²) in [5.74, 6) is 0.667. The molecule has 0 bridgehead atoms. The van der Waals surface area contributed by atoms with E-state index in [9.17, 15) is 10.1 Å². The molecular formula is C16H12Cl2N2O3. The van der Waals surface area contributed by atoms with Gasteiger partial charge in [-0.05, 0) is 24.1 Å². The number of nitriles is 1. The molecule has 0 aliphatic carbocycles. The predicted octanol–water partition coefficient (Wildman–Crippen LogP) is 5.25. The third-order valence-electron chi connectivity index (χ3n) is 3.08. The van der Waals surface area contributed by atoms with Gasteiger partial charge in [0.05, 0.1) is 27.6 Å². The van der Waals surface area contributed by atoms with Crippen molar-refractivity contribution in [3.63, 3.8) is 0 Å². The van der Waals surface area contributed by atoms with Gasteiger partial charge in [-0.25, -0.2) is 0 Å². The number of nitro groups is 1. The van der Waals surface area contributed by atoms with Gasteiger partial charge in [0.25, 0.3) is 5.69 Å². The number of hydrogen-bond acceptors (Lipinski definition) is 4. The van der Waals surface area contributed by atoms with Crippen molar-refractivity contribution in [2.75, 3.05) is 6.61 Å². The first-order valence-corrected chi connectivity index (χ1v) is 7.52. The fourth-order valence-electron chi connectivity index (χ4n) is 2.00. The van der Waals surface area contributed by atoms with Crippen LogP contribution in [0.3, 0.4) is 0 Å². The summed E-state index contributed by atoms with van der Waals surface area (Å²) in [4.78, 5) is 10.3. The zero-order valence-corrected chi connectivity index (χ0v) is 13.5. The summed E-state index contributed by atoms with van der Waals surface area (Å²) < 4.78 is 5.50. The number of ether oxygens (including phenoxy) is 1. The van der Waals surface area contributed by atoms with Gasteiger partial charge in [-0.1, -0.05) is 35.3 Å². The normalized spacial score (nSPS) is 10.1. The maximum absolute atomic E-state index is 10.8. The molecule has 2 rings (SSSR count). The summed E-state index contributed by atoms with van der Waals surface area (Å²) in [5.41, 5.74) is 1.12. The lowest BCUT2D eigenvalue weighted by Crippen LogP contribution is -1.96. The van der Waals surface area contributed by atoms with Gasteiger partial charge in [-0.15, -0.1) is 0 Å². The minimum Gasteiger partial charge on any atom is -0.494 e. The lowest BCUT2D eigenvalue weighted by atomic mass is 10.0. The first kappa shape index (κ1) is 17.1. The minimum atomic E-state index is -0.542. The standard InChI is InChI=1S/C16H12Cl2N2O3/c17-14-9-12(20(21)22)10-15(18)16(14)11-3-5-13(6-4-11)23-8-2-1-7-19/h3-6,9-10H,1-2,8H2. The smallest absolute Gasteiger partial charge is 0.272 e. The van der Waals surface area contributed by atoms with Crippen LogP contribution in [0.4, 0.5) is 5.69 Å². The van der Waals surface area contributed by atoms with Crippen LogP contribution >= 0.6 is 23.2 Å². The number of nitro benzene ring substituents is 1. The van der Waals surface area contributed by atoms with Crippen LogP contribution in [0.1, 0.15) is 12.8 Å². The van der Waals surface area contributed by atoms with Crippen LogP contribution in [0.5, 0.6) is 5.75 Å². The second-order valence-electron chi connectivity index (χ2n) is 4.68. The lowest BCUT2D eigenvalue weighted by Gasteiger charge is -2.09. The SMILES string of the molecule is N#CCCCOc1ccc(-c2c(Cl)cc([N+](=O)[O-])cc2Cl)cc1. The highest BCUT2D eigenvalue weighted by atomic mass is 35.5. The highest BCUT2D eigenvalue weighted by molar-refractivity contribution is 6.39. The van der Waals surface area contributed by atoms with Crippen LogP contribution in [0.2, 0.25) is 10.0 Å². The second-order valence-corrected chi connectivity index (χ2v) is 5.49. The average molecular weight is 351 g/mol. The van der Waals surface area contributed by atoms with Crippen LogP contribution in [-0.2, 0) is 0 Å². The summed E-state index contributed by atoms with van der Waals surface area (Å²) in [6.45, 7) is 0.464. The van der Waals surface area contributed by atoms with Gasteiger partial charge in [-0.3, -0.25) is 10.1 Å². The van der Waals surface area contributed by atoms with E-state index in [1.807, 2.05) is 0 Å². The van der Waals surface area contributed by atoms with E-state index < -0.39 is 4.92 Å². The fourth-order valence-corrected chi connectivity index (χ4v) is 2.69. The molecule has 0 aliphatic heterocycles. The summed E-state index contributed by atoms with van der Waals surface area (Å²) in [7, 11) is 0. The molecule has 0 aromatic heterocycles. The Morgan fingerprint density at radius 2 is 1.78 bits per heavy atom. The van der Waals surface area contributed by atoms with Crippen molar-refractivity contribution < 1.29 is 9.66 Å². The summed E-state index contributed by atoms with van der Waals surface area (Å²) in [6.07, 6.45) is 1.12. The molecule has 0 radical (unpaired) electrons. The molecule has 118 valence electrons. The van der Waals surface area contributed by atoms with E-state index in [4.69, 9.17) is 33.2 Å². The maximum atomic E-state index is 10.8. The van der Waals surface area contributed by atoms with Crippen LogP contribution in [0, 0.1) is 21.4 Å². The predicted molar refractivity (Wildman–Crippen MR) is 88.9 cm³/mol. The third kappa shape index (κ3) is 4.35. The van der Waals surface area contributed by atoms with E-state index in [0.29, 0.717) is 30.8 Å². The number of unbranched alkanes of at least 4 members (excludes halogenated alkanes) is 1. The van der Waals surface area contributed by atoms with Gasteiger partial charge >= 0.3 is 0 Å². The van der Waals surface area contributed by atoms with E-state index in [1.54, 1.807) is 24.3 Å². The highest BCUT2D eigenvalue weighted by Crippen LogP contribution is 2.38. The summed E-state index contributed by atoms with van der Waals surface area (Å²) in [6, 6.07) is 11.7. The Labute approximate surface area is 143 Å². The van der Waals surface area contributed by atoms with E-state index in [2.05, 4.69) is 6.07 Å². The first-order valence-electron chi connectivity index (χ1n) is 6.76. The Hall–Kier alpha value is -2.29. The van der Waals surface area contributed by atoms with Gasteiger partial charge in [0.2, 0.25) is 0 Å². The van der Waals surface area contributed by atoms with Crippen LogP contribution in [0.25, 0.3) is 11.1 Å². The minimum absolute atomic E-state index is 0.152. The van der Waals surface area contributed by atoms with E-state index >= 15 is 0 Å². The van der Waals surface area contributed by atoms with E-state index in [0.717, 1.165) is 5.56 Å². The Bertz CT molecular complexity index is 732. The number of hydrogen-bond donors (Lipinski definition) is 0. The van der Waals surface area contributed by atoms with Gasteiger partial charge in [0.15, 0.2) is 0 Å². The first-order chi connectivity index (χ1) is 11.0. The summed E-state index contributed by atoms with van der Waals surface area (Å²) >= 11 is 12.2. The molecule has 2 aromatic rings. The average Bonchev–Trinajstić information content (AvgIpc) is 2.52. The molecule has 0 N–H and O–H groups in total. The fraction of sp³-hybridized carbons (Fsp3) is 0.188. The third-order valence-corrected chi connectivity index (χ3v) is 3.68. The molecule has 0 saturated heterocycles. The van der Waals surface area contributed by atoms with Crippen molar-refractivity contribution in [2.45, 2.75) is 12.8 Å². The van der Waals surface area contributed by atoms with Crippen molar-refractivity contribution in [3.05, 3.63) is 56.6 Å². The Morgan fingerprint density at radius 3 is 2.30 bits per heavy atom. The number of non-ortho nitro benzene ring substituents is 1. The van der Waals surface area contributed by atoms with Gasteiger partial charge in [-0.2, -0.15) is 5.26 Å². The number of benzene rings is 2. The topological polar surface area (TPSA) is 76.2 Å². The number of rotatable bonds is 6. The zero-order valence-electron chi connectivity index (χ0n) is 12.0. The zero-order chi connectivity index (χ0) is 16.8. The van der Waals surface area contributed by atoms with Crippen molar-refractivity contribution >= 4 is 28.9 Å². The Balaban J connectivity index is 2.20.